The highest BCUT2D eigenvalue weighted by molar-refractivity contribution is 5.84. The highest BCUT2D eigenvalue weighted by Gasteiger charge is 2.64. The average molecular weight is 351 g/mol. The summed E-state index contributed by atoms with van der Waals surface area (Å²) in [5.41, 5.74) is -1.82. The van der Waals surface area contributed by atoms with E-state index in [1.807, 2.05) is 13.0 Å². The molecule has 0 aromatic heterocycles. The predicted octanol–water partition coefficient (Wildman–Crippen LogP) is 0.404. The molecule has 4 aliphatic heterocycles. The van der Waals surface area contributed by atoms with E-state index in [0.717, 1.165) is 25.1 Å². The third-order valence-electron chi connectivity index (χ3n) is 6.36. The Labute approximate surface area is 146 Å². The van der Waals surface area contributed by atoms with Crippen molar-refractivity contribution in [3.8, 4) is 0 Å². The van der Waals surface area contributed by atoms with E-state index in [1.54, 1.807) is 6.92 Å². The number of ether oxygens (including phenoxy) is 3. The molecule has 0 saturated carbocycles. The number of rotatable bonds is 0. The van der Waals surface area contributed by atoms with E-state index in [4.69, 9.17) is 14.2 Å². The van der Waals surface area contributed by atoms with Crippen LogP contribution in [0.1, 0.15) is 33.6 Å². The van der Waals surface area contributed by atoms with Gasteiger partial charge in [0.1, 0.15) is 12.7 Å². The third kappa shape index (κ3) is 2.52. The van der Waals surface area contributed by atoms with Crippen LogP contribution in [0, 0.1) is 5.92 Å². The van der Waals surface area contributed by atoms with Gasteiger partial charge in [-0.3, -0.25) is 4.90 Å². The minimum Gasteiger partial charge on any atom is -0.459 e. The monoisotopic (exact) mass is 351 g/mol. The molecular weight excluding hydrogens is 326 g/mol. The molecule has 3 fully saturated rings. The number of carbonyl (C=O) groups is 2. The Hall–Kier alpha value is -1.44. The van der Waals surface area contributed by atoms with E-state index in [0.29, 0.717) is 0 Å². The standard InChI is InChI=1S/C18H25NO6/c1-10-8-18(11(2)25-18)16(21)24-13-5-7-19-6-4-12(14(13)19)9-23-15(20)17(10,3)22/h4,10-11,13-14,22H,5-9H2,1-3H3/t10-,11-,13-,14-,17-,18+/m1/s1. The highest BCUT2D eigenvalue weighted by Crippen LogP contribution is 2.46. The maximum atomic E-state index is 12.9. The van der Waals surface area contributed by atoms with Crippen molar-refractivity contribution >= 4 is 11.9 Å². The van der Waals surface area contributed by atoms with E-state index in [-0.39, 0.29) is 37.2 Å². The molecule has 25 heavy (non-hydrogen) atoms. The normalized spacial score (nSPS) is 47.4. The van der Waals surface area contributed by atoms with Crippen molar-refractivity contribution < 1.29 is 28.9 Å². The summed E-state index contributed by atoms with van der Waals surface area (Å²) in [5.74, 6) is -1.55. The summed E-state index contributed by atoms with van der Waals surface area (Å²) in [6.45, 7) is 6.70. The van der Waals surface area contributed by atoms with Gasteiger partial charge in [0.05, 0.1) is 12.1 Å². The molecule has 0 aromatic carbocycles. The molecule has 0 amide bonds. The first-order valence-corrected chi connectivity index (χ1v) is 8.97. The summed E-state index contributed by atoms with van der Waals surface area (Å²) >= 11 is 0. The zero-order valence-electron chi connectivity index (χ0n) is 14.9. The Balaban J connectivity index is 1.66. The summed E-state index contributed by atoms with van der Waals surface area (Å²) < 4.78 is 16.9. The average Bonchev–Trinajstić information content (AvgIpc) is 2.91. The van der Waals surface area contributed by atoms with Gasteiger partial charge in [-0.15, -0.1) is 0 Å². The molecule has 138 valence electrons. The molecule has 0 aliphatic carbocycles. The number of carbonyl (C=O) groups excluding carboxylic acids is 2. The van der Waals surface area contributed by atoms with Gasteiger partial charge in [-0.25, -0.2) is 9.59 Å². The summed E-state index contributed by atoms with van der Waals surface area (Å²) in [6, 6.07) is -0.0512. The van der Waals surface area contributed by atoms with E-state index in [9.17, 15) is 14.7 Å². The Bertz CT molecular complexity index is 643. The molecule has 0 aromatic rings. The lowest BCUT2D eigenvalue weighted by atomic mass is 9.82. The van der Waals surface area contributed by atoms with E-state index < -0.39 is 23.1 Å². The van der Waals surface area contributed by atoms with Crippen LogP contribution in [-0.4, -0.2) is 71.1 Å². The SMILES string of the molecule is C[C@@H]1C[C@@]2(O[C@@H]2C)C(=O)O[C@@H]2CCN3CC=C(COC(=O)[C@]1(C)O)[C@H]23. The first-order valence-electron chi connectivity index (χ1n) is 8.97. The van der Waals surface area contributed by atoms with Crippen LogP contribution in [-0.2, 0) is 23.8 Å². The topological polar surface area (TPSA) is 88.6 Å². The fourth-order valence-corrected chi connectivity index (χ4v) is 4.31. The van der Waals surface area contributed by atoms with Gasteiger partial charge in [0.15, 0.2) is 11.2 Å². The molecule has 0 unspecified atom stereocenters. The molecule has 1 N–H and O–H groups in total. The van der Waals surface area contributed by atoms with Crippen LogP contribution in [0.15, 0.2) is 11.6 Å². The van der Waals surface area contributed by atoms with Gasteiger partial charge in [-0.05, 0) is 38.2 Å². The number of hydrogen-bond acceptors (Lipinski definition) is 7. The van der Waals surface area contributed by atoms with Crippen molar-refractivity contribution in [1.82, 2.24) is 4.90 Å². The van der Waals surface area contributed by atoms with Gasteiger partial charge in [-0.2, -0.15) is 0 Å². The van der Waals surface area contributed by atoms with Crippen LogP contribution in [0.4, 0.5) is 0 Å². The molecule has 0 radical (unpaired) electrons. The summed E-state index contributed by atoms with van der Waals surface area (Å²) in [4.78, 5) is 27.5. The quantitative estimate of drug-likeness (QED) is 0.384. The van der Waals surface area contributed by atoms with Crippen molar-refractivity contribution in [1.29, 1.82) is 0 Å². The molecule has 4 rings (SSSR count). The first kappa shape index (κ1) is 17.0. The van der Waals surface area contributed by atoms with Crippen LogP contribution in [0.5, 0.6) is 0 Å². The first-order chi connectivity index (χ1) is 11.8. The van der Waals surface area contributed by atoms with Crippen molar-refractivity contribution in [3.05, 3.63) is 11.6 Å². The van der Waals surface area contributed by atoms with Crippen molar-refractivity contribution in [3.63, 3.8) is 0 Å². The molecule has 7 heteroatoms. The Morgan fingerprint density at radius 1 is 1.28 bits per heavy atom. The molecule has 3 saturated heterocycles. The number of epoxide rings is 1. The summed E-state index contributed by atoms with van der Waals surface area (Å²) in [7, 11) is 0. The third-order valence-corrected chi connectivity index (χ3v) is 6.36. The van der Waals surface area contributed by atoms with Crippen molar-refractivity contribution in [2.45, 2.75) is 63.1 Å². The molecule has 4 aliphatic rings. The van der Waals surface area contributed by atoms with Crippen molar-refractivity contribution in [2.24, 2.45) is 5.92 Å². The Morgan fingerprint density at radius 3 is 2.68 bits per heavy atom. The van der Waals surface area contributed by atoms with Gasteiger partial charge in [0, 0.05) is 13.1 Å². The van der Waals surface area contributed by atoms with E-state index >= 15 is 0 Å². The lowest BCUT2D eigenvalue weighted by molar-refractivity contribution is -0.172. The van der Waals surface area contributed by atoms with Crippen molar-refractivity contribution in [2.75, 3.05) is 19.7 Å². The van der Waals surface area contributed by atoms with Gasteiger partial charge in [-0.1, -0.05) is 13.0 Å². The van der Waals surface area contributed by atoms with Crippen LogP contribution in [0.25, 0.3) is 0 Å². The van der Waals surface area contributed by atoms with E-state index in [1.165, 1.54) is 6.92 Å². The number of aliphatic hydroxyl groups is 1. The minimum absolute atomic E-state index is 0.0512. The lowest BCUT2D eigenvalue weighted by Crippen LogP contribution is -2.48. The minimum atomic E-state index is -1.69. The largest absolute Gasteiger partial charge is 0.459 e. The molecule has 6 atom stereocenters. The van der Waals surface area contributed by atoms with Crippen LogP contribution >= 0.6 is 0 Å². The second kappa shape index (κ2) is 5.53. The molecule has 1 spiro atoms. The molecular formula is C18H25NO6. The predicted molar refractivity (Wildman–Crippen MR) is 86.6 cm³/mol. The second-order valence-corrected chi connectivity index (χ2v) is 7.93. The van der Waals surface area contributed by atoms with Gasteiger partial charge >= 0.3 is 11.9 Å². The fourth-order valence-electron chi connectivity index (χ4n) is 4.31. The fraction of sp³-hybridized carbons (Fsp3) is 0.778. The smallest absolute Gasteiger partial charge is 0.341 e. The van der Waals surface area contributed by atoms with Crippen LogP contribution in [0.3, 0.4) is 0 Å². The lowest BCUT2D eigenvalue weighted by Gasteiger charge is -2.32. The van der Waals surface area contributed by atoms with Gasteiger partial charge < -0.3 is 19.3 Å². The second-order valence-electron chi connectivity index (χ2n) is 7.93. The number of cyclic esters (lactones) is 1. The number of nitrogens with zero attached hydrogens (tertiary/aromatic N) is 1. The number of hydrogen-bond donors (Lipinski definition) is 1. The van der Waals surface area contributed by atoms with Gasteiger partial charge in [0.2, 0.25) is 0 Å². The van der Waals surface area contributed by atoms with E-state index in [2.05, 4.69) is 4.90 Å². The Morgan fingerprint density at radius 2 is 2.00 bits per heavy atom. The zero-order chi connectivity index (χ0) is 18.0. The zero-order valence-corrected chi connectivity index (χ0v) is 14.9. The van der Waals surface area contributed by atoms with Gasteiger partial charge in [0.25, 0.3) is 0 Å². The molecule has 4 heterocycles. The summed E-state index contributed by atoms with van der Waals surface area (Å²) in [6.07, 6.45) is 2.48. The number of esters is 2. The maximum Gasteiger partial charge on any atom is 0.341 e. The van der Waals surface area contributed by atoms with Crippen LogP contribution < -0.4 is 0 Å². The maximum absolute atomic E-state index is 12.9. The highest BCUT2D eigenvalue weighted by atomic mass is 16.7. The molecule has 0 bridgehead atoms. The Kier molecular flexibility index (Phi) is 3.76. The van der Waals surface area contributed by atoms with Crippen LogP contribution in [0.2, 0.25) is 0 Å². The summed E-state index contributed by atoms with van der Waals surface area (Å²) in [5, 5.41) is 10.7. The molecule has 7 nitrogen and oxygen atoms in total.